The molecule has 354 valence electrons. The Hall–Kier alpha value is -9.07. The Kier molecular flexibility index (Phi) is 14.2. The molecule has 0 saturated heterocycles. The largest absolute Gasteiger partial charge is 0.497 e. The summed E-state index contributed by atoms with van der Waals surface area (Å²) in [5.41, 5.74) is 7.84. The van der Waals surface area contributed by atoms with Crippen molar-refractivity contribution < 1.29 is 28.6 Å². The first-order chi connectivity index (χ1) is 34.8. The van der Waals surface area contributed by atoms with E-state index in [1.54, 1.807) is 38.3 Å². The maximum atomic E-state index is 14.1. The van der Waals surface area contributed by atoms with Crippen LogP contribution in [0.1, 0.15) is 15.9 Å². The van der Waals surface area contributed by atoms with E-state index in [-0.39, 0.29) is 12.5 Å². The number of carbonyl (C=O) groups is 1. The minimum Gasteiger partial charge on any atom is -0.497 e. The van der Waals surface area contributed by atoms with Gasteiger partial charge in [-0.2, -0.15) is 10.2 Å². The minimum absolute atomic E-state index is 0.236. The summed E-state index contributed by atoms with van der Waals surface area (Å²) in [6, 6.07) is 60.4. The molecule has 0 aromatic heterocycles. The lowest BCUT2D eigenvalue weighted by atomic mass is 10.0. The molecule has 9 aromatic rings. The molecule has 0 fully saturated rings. The van der Waals surface area contributed by atoms with E-state index in [9.17, 15) is 4.79 Å². The third-order valence-electron chi connectivity index (χ3n) is 12.0. The van der Waals surface area contributed by atoms with Gasteiger partial charge in [0, 0.05) is 53.2 Å². The zero-order valence-corrected chi connectivity index (χ0v) is 40.2. The lowest BCUT2D eigenvalue weighted by Gasteiger charge is -2.25. The van der Waals surface area contributed by atoms with E-state index in [1.807, 2.05) is 177 Å². The van der Waals surface area contributed by atoms with Crippen molar-refractivity contribution in [3.8, 4) is 23.0 Å². The molecule has 13 heteroatoms. The van der Waals surface area contributed by atoms with Crippen molar-refractivity contribution in [2.45, 2.75) is 6.61 Å². The molecule has 71 heavy (non-hydrogen) atoms. The Morgan fingerprint density at radius 2 is 0.901 bits per heavy atom. The topological polar surface area (TPSA) is 122 Å². The summed E-state index contributed by atoms with van der Waals surface area (Å²) >= 11 is 0. The molecule has 0 unspecified atom stereocenters. The number of fused-ring (bicyclic) bond motifs is 2. The first kappa shape index (κ1) is 47.0. The van der Waals surface area contributed by atoms with Crippen molar-refractivity contribution in [1.29, 1.82) is 0 Å². The van der Waals surface area contributed by atoms with Crippen molar-refractivity contribution >= 4 is 78.6 Å². The molecule has 0 aliphatic carbocycles. The Balaban J connectivity index is 0.974. The smallest absolute Gasteiger partial charge is 0.261 e. The zero-order chi connectivity index (χ0) is 49.3. The van der Waals surface area contributed by atoms with E-state index >= 15 is 0 Å². The molecule has 0 bridgehead atoms. The first-order valence-electron chi connectivity index (χ1n) is 22.8. The second kappa shape index (κ2) is 21.5. The predicted molar refractivity (Wildman–Crippen MR) is 282 cm³/mol. The van der Waals surface area contributed by atoms with Crippen LogP contribution in [0.25, 0.3) is 21.5 Å². The Bertz CT molecular complexity index is 3350. The van der Waals surface area contributed by atoms with Crippen LogP contribution in [-0.4, -0.2) is 48.4 Å². The Morgan fingerprint density at radius 3 is 1.42 bits per heavy atom. The second-order valence-electron chi connectivity index (χ2n) is 16.3. The molecule has 0 radical (unpaired) electrons. The van der Waals surface area contributed by atoms with Gasteiger partial charge in [0.05, 0.1) is 51.1 Å². The van der Waals surface area contributed by atoms with E-state index in [0.717, 1.165) is 55.6 Å². The van der Waals surface area contributed by atoms with Crippen LogP contribution in [0.2, 0.25) is 0 Å². The van der Waals surface area contributed by atoms with Crippen LogP contribution in [0.5, 0.6) is 23.0 Å². The van der Waals surface area contributed by atoms with Gasteiger partial charge in [-0.15, -0.1) is 10.2 Å². The number of methoxy groups -OCH3 is 4. The van der Waals surface area contributed by atoms with E-state index in [0.29, 0.717) is 51.2 Å². The lowest BCUT2D eigenvalue weighted by Crippen LogP contribution is -2.26. The van der Waals surface area contributed by atoms with Gasteiger partial charge in [0.15, 0.2) is 11.5 Å². The first-order valence-corrected chi connectivity index (χ1v) is 22.8. The highest BCUT2D eigenvalue weighted by atomic mass is 16.7. The van der Waals surface area contributed by atoms with Crippen molar-refractivity contribution in [2.75, 3.05) is 57.4 Å². The summed E-state index contributed by atoms with van der Waals surface area (Å²) in [4.78, 5) is 24.0. The maximum Gasteiger partial charge on any atom is 0.261 e. The number of benzene rings is 9. The lowest BCUT2D eigenvalue weighted by molar-refractivity contribution is 0.0990. The van der Waals surface area contributed by atoms with Crippen LogP contribution in [0, 0.1) is 0 Å². The van der Waals surface area contributed by atoms with Crippen LogP contribution in [0.3, 0.4) is 0 Å². The summed E-state index contributed by atoms with van der Waals surface area (Å²) in [7, 11) is 10.0. The van der Waals surface area contributed by atoms with E-state index in [2.05, 4.69) is 28.2 Å². The van der Waals surface area contributed by atoms with Gasteiger partial charge in [0.1, 0.15) is 29.5 Å². The molecule has 0 aliphatic rings. The van der Waals surface area contributed by atoms with Crippen LogP contribution < -0.4 is 33.8 Å². The number of amides is 1. The molecule has 0 saturated carbocycles. The van der Waals surface area contributed by atoms with Crippen molar-refractivity contribution in [3.63, 3.8) is 0 Å². The summed E-state index contributed by atoms with van der Waals surface area (Å²) in [6.07, 6.45) is 0. The van der Waals surface area contributed by atoms with E-state index in [1.165, 1.54) is 7.11 Å². The molecule has 0 N–H and O–H groups in total. The number of hydrogen-bond donors (Lipinski definition) is 0. The summed E-state index contributed by atoms with van der Waals surface area (Å²) in [5.74, 6) is 2.11. The highest BCUT2D eigenvalue weighted by molar-refractivity contribution is 6.13. The van der Waals surface area contributed by atoms with Gasteiger partial charge in [-0.3, -0.25) is 14.7 Å². The monoisotopic (exact) mass is 941 g/mol. The van der Waals surface area contributed by atoms with Crippen molar-refractivity contribution in [3.05, 3.63) is 199 Å². The molecular weight excluding hydrogens is 891 g/mol. The molecule has 0 atom stereocenters. The van der Waals surface area contributed by atoms with Gasteiger partial charge in [0.25, 0.3) is 5.91 Å². The van der Waals surface area contributed by atoms with Gasteiger partial charge in [-0.25, -0.2) is 0 Å². The van der Waals surface area contributed by atoms with Gasteiger partial charge in [-0.1, -0.05) is 66.7 Å². The maximum absolute atomic E-state index is 14.1. The number of azo groups is 2. The Morgan fingerprint density at radius 1 is 0.451 bits per heavy atom. The van der Waals surface area contributed by atoms with Crippen LogP contribution in [-0.2, 0) is 11.4 Å². The minimum atomic E-state index is -0.258. The fourth-order valence-corrected chi connectivity index (χ4v) is 8.29. The number of para-hydroxylation sites is 1. The number of nitrogens with zero attached hydrogens (tertiary/aromatic N) is 7. The van der Waals surface area contributed by atoms with Gasteiger partial charge < -0.3 is 28.7 Å². The fourth-order valence-electron chi connectivity index (χ4n) is 8.29. The van der Waals surface area contributed by atoms with E-state index in [4.69, 9.17) is 39.1 Å². The van der Waals surface area contributed by atoms with Crippen molar-refractivity contribution in [2.24, 2.45) is 20.5 Å². The molecule has 0 spiro atoms. The van der Waals surface area contributed by atoms with Gasteiger partial charge in [-0.05, 0) is 132 Å². The average Bonchev–Trinajstić information content (AvgIpc) is 3.43. The molecule has 0 heterocycles. The SMILES string of the molecule is COc1ccc(N(C)OCc2cc3ccccc3c(N=Nc3ccc(N(c4ccccc4)c4ccc(N=Nc5c(OC)c(C(=O)N(C)c6ccc(OC)cc6)cc6ccccc56)cc4)cc3)c2OC)cc1. The summed E-state index contributed by atoms with van der Waals surface area (Å²) in [5, 5.41) is 24.2. The highest BCUT2D eigenvalue weighted by Crippen LogP contribution is 2.43. The van der Waals surface area contributed by atoms with Crippen LogP contribution in [0.15, 0.2) is 209 Å². The number of rotatable bonds is 17. The third kappa shape index (κ3) is 10.2. The van der Waals surface area contributed by atoms with Crippen molar-refractivity contribution in [1.82, 2.24) is 0 Å². The molecular formula is C58H51N7O6. The molecule has 0 aliphatic heterocycles. The fraction of sp³-hybridized carbons (Fsp3) is 0.121. The third-order valence-corrected chi connectivity index (χ3v) is 12.0. The quantitative estimate of drug-likeness (QED) is 0.0653. The predicted octanol–water partition coefficient (Wildman–Crippen LogP) is 15.2. The summed E-state index contributed by atoms with van der Waals surface area (Å²) in [6.45, 7) is 0.236. The van der Waals surface area contributed by atoms with E-state index < -0.39 is 0 Å². The van der Waals surface area contributed by atoms with Gasteiger partial charge >= 0.3 is 0 Å². The molecule has 1 amide bonds. The number of hydroxylamine groups is 1. The molecule has 13 nitrogen and oxygen atoms in total. The Labute approximate surface area is 412 Å². The highest BCUT2D eigenvalue weighted by Gasteiger charge is 2.24. The summed E-state index contributed by atoms with van der Waals surface area (Å²) < 4.78 is 22.5. The number of anilines is 5. The number of hydrogen-bond acceptors (Lipinski definition) is 12. The normalized spacial score (nSPS) is 11.3. The number of ether oxygens (including phenoxy) is 4. The van der Waals surface area contributed by atoms with Crippen LogP contribution in [0.4, 0.5) is 51.2 Å². The molecule has 9 rings (SSSR count). The van der Waals surface area contributed by atoms with Crippen LogP contribution >= 0.6 is 0 Å². The standard InChI is InChI=1S/C58H51N7O6/c1-63(44-28-32-49(67-3)33-29-44)58(66)53-37-40-15-11-13-19-52(40)55(57(53)70-6)62-60-43-22-26-48(27-23-43)65(46-16-8-7-9-17-46)47-24-20-42(21-25-47)59-61-54-51-18-12-10-14-39(51)36-41(56(54)69-5)38-71-64(2)45-30-34-50(68-4)35-31-45/h7-37H,38H2,1-6H3. The molecule has 9 aromatic carbocycles. The second-order valence-corrected chi connectivity index (χ2v) is 16.3. The average molecular weight is 942 g/mol. The van der Waals surface area contributed by atoms with Gasteiger partial charge in [0.2, 0.25) is 0 Å². The zero-order valence-electron chi connectivity index (χ0n) is 40.2. The number of carbonyl (C=O) groups excluding carboxylic acids is 1.